The van der Waals surface area contributed by atoms with Crippen LogP contribution in [0.1, 0.15) is 11.7 Å². The fraction of sp³-hybridized carbons (Fsp3) is 0.545. The molecule has 1 aromatic heterocycles. The van der Waals surface area contributed by atoms with Crippen LogP contribution >= 0.6 is 11.3 Å². The first-order valence-electron chi connectivity index (χ1n) is 5.57. The monoisotopic (exact) mass is 306 g/mol. The summed E-state index contributed by atoms with van der Waals surface area (Å²) >= 11 is 1.55. The van der Waals surface area contributed by atoms with Crippen molar-refractivity contribution >= 4 is 27.3 Å². The van der Waals surface area contributed by atoms with Gasteiger partial charge >= 0.3 is 0 Å². The van der Waals surface area contributed by atoms with Gasteiger partial charge in [-0.2, -0.15) is 15.6 Å². The zero-order chi connectivity index (χ0) is 14.5. The van der Waals surface area contributed by atoms with Gasteiger partial charge in [0, 0.05) is 20.7 Å². The summed E-state index contributed by atoms with van der Waals surface area (Å²) < 4.78 is 28.6. The molecule has 0 bridgehead atoms. The Balaban J connectivity index is 2.46. The van der Waals surface area contributed by atoms with E-state index in [1.54, 1.807) is 18.4 Å². The first-order chi connectivity index (χ1) is 8.84. The molecule has 1 rings (SSSR count). The predicted molar refractivity (Wildman–Crippen MR) is 74.6 cm³/mol. The Labute approximate surface area is 117 Å². The van der Waals surface area contributed by atoms with Crippen LogP contribution < -0.4 is 5.32 Å². The molecule has 0 fully saturated rings. The van der Waals surface area contributed by atoms with Gasteiger partial charge in [0.1, 0.15) is 6.10 Å². The number of thiophene rings is 1. The van der Waals surface area contributed by atoms with Crippen LogP contribution in [0.3, 0.4) is 0 Å². The molecule has 108 valence electrons. The highest BCUT2D eigenvalue weighted by Gasteiger charge is 2.17. The van der Waals surface area contributed by atoms with Gasteiger partial charge in [-0.1, -0.05) is 0 Å². The smallest absolute Gasteiger partial charge is 0.235 e. The number of methoxy groups -OCH3 is 1. The van der Waals surface area contributed by atoms with Crippen LogP contribution in [0.25, 0.3) is 0 Å². The molecule has 0 spiro atoms. The molecule has 0 aliphatic heterocycles. The summed E-state index contributed by atoms with van der Waals surface area (Å²) in [6.45, 7) is 0.114. The van der Waals surface area contributed by atoms with Gasteiger partial charge in [-0.05, 0) is 22.4 Å². The Hall–Kier alpha value is -0.960. The molecule has 1 atom stereocenters. The van der Waals surface area contributed by atoms with Crippen molar-refractivity contribution in [3.05, 3.63) is 22.4 Å². The van der Waals surface area contributed by atoms with Gasteiger partial charge in [0.15, 0.2) is 0 Å². The predicted octanol–water partition coefficient (Wildman–Crippen LogP) is 0.443. The minimum atomic E-state index is -3.34. The number of hydrogen-bond donors (Lipinski definition) is 1. The van der Waals surface area contributed by atoms with Crippen molar-refractivity contribution in [2.45, 2.75) is 6.10 Å². The summed E-state index contributed by atoms with van der Waals surface area (Å²) in [4.78, 5) is 11.6. The maximum Gasteiger partial charge on any atom is 0.235 e. The van der Waals surface area contributed by atoms with Gasteiger partial charge < -0.3 is 10.1 Å². The van der Waals surface area contributed by atoms with E-state index in [0.717, 1.165) is 16.1 Å². The molecule has 6 nitrogen and oxygen atoms in total. The fourth-order valence-corrected chi connectivity index (χ4v) is 2.43. The molecule has 0 saturated carbocycles. The van der Waals surface area contributed by atoms with Crippen molar-refractivity contribution in [1.29, 1.82) is 0 Å². The standard InChI is InChI=1S/C11H18N2O4S2/c1-13(19(3,15)16)7-11(14)12-6-10(17-2)9-4-5-18-8-9/h4-5,8,10H,6-7H2,1-3H3,(H,12,14). The van der Waals surface area contributed by atoms with Crippen LogP contribution in [0.15, 0.2) is 16.8 Å². The van der Waals surface area contributed by atoms with Gasteiger partial charge in [-0.25, -0.2) is 8.42 Å². The summed E-state index contributed by atoms with van der Waals surface area (Å²) in [5, 5.41) is 6.54. The quantitative estimate of drug-likeness (QED) is 0.793. The third-order valence-corrected chi connectivity index (χ3v) is 4.58. The van der Waals surface area contributed by atoms with Gasteiger partial charge in [-0.15, -0.1) is 0 Å². The van der Waals surface area contributed by atoms with E-state index in [-0.39, 0.29) is 18.6 Å². The molecule has 1 amide bonds. The summed E-state index contributed by atoms with van der Waals surface area (Å²) in [7, 11) is -0.413. The second-order valence-electron chi connectivity index (χ2n) is 4.10. The molecule has 1 unspecified atom stereocenters. The third-order valence-electron chi connectivity index (χ3n) is 2.62. The van der Waals surface area contributed by atoms with E-state index in [9.17, 15) is 13.2 Å². The average Bonchev–Trinajstić information content (AvgIpc) is 2.82. The summed E-state index contributed by atoms with van der Waals surface area (Å²) in [5.41, 5.74) is 0.990. The van der Waals surface area contributed by atoms with Crippen molar-refractivity contribution in [1.82, 2.24) is 9.62 Å². The number of hydrogen-bond acceptors (Lipinski definition) is 5. The van der Waals surface area contributed by atoms with Crippen molar-refractivity contribution in [2.75, 3.05) is 33.5 Å². The minimum Gasteiger partial charge on any atom is -0.375 e. The molecule has 0 aliphatic rings. The number of likely N-dealkylation sites (N-methyl/N-ethyl adjacent to an activating group) is 1. The second kappa shape index (κ2) is 6.99. The number of ether oxygens (including phenoxy) is 1. The topological polar surface area (TPSA) is 75.7 Å². The van der Waals surface area contributed by atoms with Crippen molar-refractivity contribution < 1.29 is 17.9 Å². The number of amides is 1. The molecule has 0 saturated heterocycles. The van der Waals surface area contributed by atoms with Crippen LogP contribution in [0.5, 0.6) is 0 Å². The maximum atomic E-state index is 11.6. The largest absolute Gasteiger partial charge is 0.375 e. The molecule has 1 heterocycles. The molecule has 1 N–H and O–H groups in total. The van der Waals surface area contributed by atoms with Gasteiger partial charge in [-0.3, -0.25) is 4.79 Å². The van der Waals surface area contributed by atoms with Crippen molar-refractivity contribution in [3.63, 3.8) is 0 Å². The van der Waals surface area contributed by atoms with Crippen molar-refractivity contribution in [3.8, 4) is 0 Å². The normalized spacial score (nSPS) is 13.5. The van der Waals surface area contributed by atoms with E-state index in [2.05, 4.69) is 5.32 Å². The van der Waals surface area contributed by atoms with E-state index >= 15 is 0 Å². The molecule has 0 aromatic carbocycles. The zero-order valence-electron chi connectivity index (χ0n) is 11.1. The van der Waals surface area contributed by atoms with Gasteiger partial charge in [0.2, 0.25) is 15.9 Å². The van der Waals surface area contributed by atoms with Gasteiger partial charge in [0.05, 0.1) is 12.8 Å². The molecular formula is C11H18N2O4S2. The lowest BCUT2D eigenvalue weighted by molar-refractivity contribution is -0.121. The molecule has 1 aromatic rings. The zero-order valence-corrected chi connectivity index (χ0v) is 12.8. The minimum absolute atomic E-state index is 0.196. The lowest BCUT2D eigenvalue weighted by atomic mass is 10.2. The highest BCUT2D eigenvalue weighted by atomic mass is 32.2. The number of rotatable bonds is 7. The Morgan fingerprint density at radius 3 is 2.74 bits per heavy atom. The van der Waals surface area contributed by atoms with Crippen LogP contribution in [0.4, 0.5) is 0 Å². The maximum absolute atomic E-state index is 11.6. The number of carbonyl (C=O) groups is 1. The Morgan fingerprint density at radius 2 is 2.26 bits per heavy atom. The first-order valence-corrected chi connectivity index (χ1v) is 8.36. The van der Waals surface area contributed by atoms with Crippen LogP contribution in [-0.2, 0) is 19.6 Å². The lowest BCUT2D eigenvalue weighted by Gasteiger charge is -2.17. The van der Waals surface area contributed by atoms with Crippen LogP contribution in [0.2, 0.25) is 0 Å². The van der Waals surface area contributed by atoms with E-state index in [1.165, 1.54) is 7.05 Å². The average molecular weight is 306 g/mol. The summed E-state index contributed by atoms with van der Waals surface area (Å²) in [5.74, 6) is -0.356. The number of carbonyl (C=O) groups excluding carboxylic acids is 1. The van der Waals surface area contributed by atoms with Crippen LogP contribution in [0, 0.1) is 0 Å². The summed E-state index contributed by atoms with van der Waals surface area (Å²) in [6, 6.07) is 1.92. The SMILES string of the molecule is COC(CNC(=O)CN(C)S(C)(=O)=O)c1ccsc1. The first kappa shape index (κ1) is 16.1. The second-order valence-corrected chi connectivity index (χ2v) is 6.97. The Kier molecular flexibility index (Phi) is 5.92. The Bertz CT molecular complexity index is 499. The summed E-state index contributed by atoms with van der Waals surface area (Å²) in [6.07, 6.45) is 0.836. The molecule has 19 heavy (non-hydrogen) atoms. The van der Waals surface area contributed by atoms with E-state index in [4.69, 9.17) is 4.74 Å². The molecular weight excluding hydrogens is 288 g/mol. The van der Waals surface area contributed by atoms with Crippen LogP contribution in [-0.4, -0.2) is 52.1 Å². The molecule has 0 radical (unpaired) electrons. The van der Waals surface area contributed by atoms with Gasteiger partial charge in [0.25, 0.3) is 0 Å². The highest BCUT2D eigenvalue weighted by molar-refractivity contribution is 7.88. The number of nitrogens with zero attached hydrogens (tertiary/aromatic N) is 1. The Morgan fingerprint density at radius 1 is 1.58 bits per heavy atom. The number of nitrogens with one attached hydrogen (secondary N) is 1. The fourth-order valence-electron chi connectivity index (χ4n) is 1.38. The van der Waals surface area contributed by atoms with E-state index < -0.39 is 10.0 Å². The number of sulfonamides is 1. The highest BCUT2D eigenvalue weighted by Crippen LogP contribution is 2.18. The third kappa shape index (κ3) is 5.27. The van der Waals surface area contributed by atoms with Crippen molar-refractivity contribution in [2.24, 2.45) is 0 Å². The lowest BCUT2D eigenvalue weighted by Crippen LogP contribution is -2.39. The molecule has 0 aliphatic carbocycles. The van der Waals surface area contributed by atoms with E-state index in [0.29, 0.717) is 6.54 Å². The van der Waals surface area contributed by atoms with E-state index in [1.807, 2.05) is 16.8 Å². The molecule has 8 heteroatoms.